The summed E-state index contributed by atoms with van der Waals surface area (Å²) >= 11 is 0. The molecule has 1 aromatic heterocycles. The summed E-state index contributed by atoms with van der Waals surface area (Å²) in [6, 6.07) is 1.77. The number of nitrogens with zero attached hydrogens (tertiary/aromatic N) is 1. The molecule has 1 aliphatic rings. The maximum atomic E-state index is 11.0. The zero-order valence-corrected chi connectivity index (χ0v) is 9.66. The number of likely N-dealkylation sites (tertiary alicyclic amines) is 1. The number of primary amides is 1. The van der Waals surface area contributed by atoms with Gasteiger partial charge in [-0.05, 0) is 38.9 Å². The van der Waals surface area contributed by atoms with E-state index in [4.69, 9.17) is 10.2 Å². The molecule has 1 aromatic rings. The predicted octanol–water partition coefficient (Wildman–Crippen LogP) is 1.67. The fourth-order valence-electron chi connectivity index (χ4n) is 2.16. The minimum atomic E-state index is -0.493. The maximum absolute atomic E-state index is 11.0. The molecule has 2 rings (SSSR count). The first-order valence-electron chi connectivity index (χ1n) is 5.78. The van der Waals surface area contributed by atoms with E-state index in [2.05, 4.69) is 4.90 Å². The van der Waals surface area contributed by atoms with Crippen molar-refractivity contribution >= 4 is 5.91 Å². The van der Waals surface area contributed by atoms with Gasteiger partial charge < -0.3 is 10.2 Å². The first-order valence-corrected chi connectivity index (χ1v) is 5.78. The third-order valence-corrected chi connectivity index (χ3v) is 3.11. The monoisotopic (exact) mass is 222 g/mol. The van der Waals surface area contributed by atoms with Crippen LogP contribution in [-0.4, -0.2) is 23.9 Å². The second kappa shape index (κ2) is 4.70. The Bertz CT molecular complexity index is 378. The zero-order chi connectivity index (χ0) is 11.5. The number of piperidine rings is 1. The Morgan fingerprint density at radius 2 is 2.12 bits per heavy atom. The standard InChI is InChI=1S/C12H18N2O2/c1-9-10(7-11(16-9)12(13)15)8-14-5-3-2-4-6-14/h7H,2-6,8H2,1H3,(H2,13,15). The quantitative estimate of drug-likeness (QED) is 0.846. The average molecular weight is 222 g/mol. The fraction of sp³-hybridized carbons (Fsp3) is 0.583. The van der Waals surface area contributed by atoms with Gasteiger partial charge in [0.1, 0.15) is 5.76 Å². The largest absolute Gasteiger partial charge is 0.456 e. The number of hydrogen-bond donors (Lipinski definition) is 1. The molecule has 2 heterocycles. The van der Waals surface area contributed by atoms with Gasteiger partial charge in [-0.3, -0.25) is 9.69 Å². The summed E-state index contributed by atoms with van der Waals surface area (Å²) in [5, 5.41) is 0. The van der Waals surface area contributed by atoms with E-state index in [1.54, 1.807) is 6.07 Å². The van der Waals surface area contributed by atoms with Crippen LogP contribution in [0.3, 0.4) is 0 Å². The molecule has 0 aromatic carbocycles. The molecule has 1 saturated heterocycles. The summed E-state index contributed by atoms with van der Waals surface area (Å²) in [5.41, 5.74) is 6.26. The SMILES string of the molecule is Cc1oc(C(N)=O)cc1CN1CCCCC1. The highest BCUT2D eigenvalue weighted by atomic mass is 16.3. The highest BCUT2D eigenvalue weighted by Gasteiger charge is 2.16. The minimum Gasteiger partial charge on any atom is -0.456 e. The van der Waals surface area contributed by atoms with Crippen molar-refractivity contribution in [3.63, 3.8) is 0 Å². The Kier molecular flexibility index (Phi) is 3.29. The lowest BCUT2D eigenvalue weighted by molar-refractivity contribution is 0.0972. The molecule has 4 heteroatoms. The summed E-state index contributed by atoms with van der Waals surface area (Å²) < 4.78 is 5.32. The topological polar surface area (TPSA) is 59.5 Å². The molecule has 0 bridgehead atoms. The molecule has 16 heavy (non-hydrogen) atoms. The van der Waals surface area contributed by atoms with Gasteiger partial charge in [0.05, 0.1) is 0 Å². The molecule has 2 N–H and O–H groups in total. The van der Waals surface area contributed by atoms with Gasteiger partial charge in [0.15, 0.2) is 5.76 Å². The number of hydrogen-bond acceptors (Lipinski definition) is 3. The third kappa shape index (κ3) is 2.44. The van der Waals surface area contributed by atoms with Crippen molar-refractivity contribution in [2.75, 3.05) is 13.1 Å². The van der Waals surface area contributed by atoms with E-state index < -0.39 is 5.91 Å². The second-order valence-corrected chi connectivity index (χ2v) is 4.39. The van der Waals surface area contributed by atoms with Gasteiger partial charge in [0.2, 0.25) is 0 Å². The average Bonchev–Trinajstić information content (AvgIpc) is 2.62. The van der Waals surface area contributed by atoms with Crippen molar-refractivity contribution < 1.29 is 9.21 Å². The van der Waals surface area contributed by atoms with E-state index in [9.17, 15) is 4.79 Å². The Labute approximate surface area is 95.4 Å². The summed E-state index contributed by atoms with van der Waals surface area (Å²) in [4.78, 5) is 13.4. The van der Waals surface area contributed by atoms with E-state index in [1.807, 2.05) is 6.92 Å². The van der Waals surface area contributed by atoms with Crippen molar-refractivity contribution in [1.82, 2.24) is 4.90 Å². The van der Waals surface area contributed by atoms with Crippen LogP contribution in [0, 0.1) is 6.92 Å². The summed E-state index contributed by atoms with van der Waals surface area (Å²) in [7, 11) is 0. The number of rotatable bonds is 3. The lowest BCUT2D eigenvalue weighted by Gasteiger charge is -2.25. The van der Waals surface area contributed by atoms with Crippen LogP contribution >= 0.6 is 0 Å². The van der Waals surface area contributed by atoms with Gasteiger partial charge in [-0.2, -0.15) is 0 Å². The highest BCUT2D eigenvalue weighted by Crippen LogP contribution is 2.18. The number of nitrogens with two attached hydrogens (primary N) is 1. The van der Waals surface area contributed by atoms with Crippen LogP contribution in [0.4, 0.5) is 0 Å². The molecular weight excluding hydrogens is 204 g/mol. The molecule has 1 aliphatic heterocycles. The lowest BCUT2D eigenvalue weighted by Crippen LogP contribution is -2.29. The smallest absolute Gasteiger partial charge is 0.284 e. The van der Waals surface area contributed by atoms with E-state index in [-0.39, 0.29) is 5.76 Å². The summed E-state index contributed by atoms with van der Waals surface area (Å²) in [6.07, 6.45) is 3.85. The Balaban J connectivity index is 2.05. The molecule has 0 saturated carbocycles. The second-order valence-electron chi connectivity index (χ2n) is 4.39. The van der Waals surface area contributed by atoms with Gasteiger partial charge in [-0.15, -0.1) is 0 Å². The van der Waals surface area contributed by atoms with E-state index in [0.29, 0.717) is 0 Å². The Hall–Kier alpha value is -1.29. The van der Waals surface area contributed by atoms with E-state index in [1.165, 1.54) is 19.3 Å². The molecular formula is C12H18N2O2. The molecule has 1 amide bonds. The van der Waals surface area contributed by atoms with Gasteiger partial charge >= 0.3 is 0 Å². The van der Waals surface area contributed by atoms with E-state index in [0.717, 1.165) is 31.0 Å². The van der Waals surface area contributed by atoms with Gasteiger partial charge in [0.25, 0.3) is 5.91 Å². The van der Waals surface area contributed by atoms with Crippen molar-refractivity contribution in [3.8, 4) is 0 Å². The first-order chi connectivity index (χ1) is 7.66. The number of amides is 1. The number of carbonyl (C=O) groups excluding carboxylic acids is 1. The molecule has 0 atom stereocenters. The van der Waals surface area contributed by atoms with Gasteiger partial charge in [0, 0.05) is 12.1 Å². The minimum absolute atomic E-state index is 0.268. The summed E-state index contributed by atoms with van der Waals surface area (Å²) in [6.45, 7) is 5.02. The molecule has 0 radical (unpaired) electrons. The van der Waals surface area contributed by atoms with Crippen LogP contribution in [0.5, 0.6) is 0 Å². The fourth-order valence-corrected chi connectivity index (χ4v) is 2.16. The number of aryl methyl sites for hydroxylation is 1. The van der Waals surface area contributed by atoms with Gasteiger partial charge in [-0.25, -0.2) is 0 Å². The molecule has 88 valence electrons. The molecule has 4 nitrogen and oxygen atoms in total. The number of furan rings is 1. The van der Waals surface area contributed by atoms with Crippen molar-refractivity contribution in [2.45, 2.75) is 32.7 Å². The van der Waals surface area contributed by atoms with E-state index >= 15 is 0 Å². The van der Waals surface area contributed by atoms with Crippen molar-refractivity contribution in [3.05, 3.63) is 23.2 Å². The van der Waals surface area contributed by atoms with Crippen LogP contribution in [-0.2, 0) is 6.54 Å². The van der Waals surface area contributed by atoms with Crippen LogP contribution in [0.2, 0.25) is 0 Å². The third-order valence-electron chi connectivity index (χ3n) is 3.11. The van der Waals surface area contributed by atoms with Crippen molar-refractivity contribution in [1.29, 1.82) is 0 Å². The maximum Gasteiger partial charge on any atom is 0.284 e. The van der Waals surface area contributed by atoms with Crippen LogP contribution in [0.25, 0.3) is 0 Å². The van der Waals surface area contributed by atoms with Crippen LogP contribution < -0.4 is 5.73 Å². The zero-order valence-electron chi connectivity index (χ0n) is 9.66. The summed E-state index contributed by atoms with van der Waals surface area (Å²) in [5.74, 6) is 0.580. The van der Waals surface area contributed by atoms with Crippen LogP contribution in [0.1, 0.15) is 41.1 Å². The lowest BCUT2D eigenvalue weighted by atomic mass is 10.1. The highest BCUT2D eigenvalue weighted by molar-refractivity contribution is 5.90. The number of carbonyl (C=O) groups is 1. The van der Waals surface area contributed by atoms with Crippen LogP contribution in [0.15, 0.2) is 10.5 Å². The molecule has 0 aliphatic carbocycles. The molecule has 0 spiro atoms. The first kappa shape index (κ1) is 11.2. The predicted molar refractivity (Wildman–Crippen MR) is 61.1 cm³/mol. The Morgan fingerprint density at radius 1 is 1.44 bits per heavy atom. The normalized spacial score (nSPS) is 17.6. The van der Waals surface area contributed by atoms with Gasteiger partial charge in [-0.1, -0.05) is 6.42 Å². The van der Waals surface area contributed by atoms with Crippen molar-refractivity contribution in [2.24, 2.45) is 5.73 Å². The molecule has 0 unspecified atom stereocenters. The molecule has 1 fully saturated rings. The Morgan fingerprint density at radius 3 is 2.69 bits per heavy atom.